The first kappa shape index (κ1) is 17.3. The van der Waals surface area contributed by atoms with Gasteiger partial charge in [-0.1, -0.05) is 12.1 Å². The third-order valence-electron chi connectivity index (χ3n) is 3.35. The van der Waals surface area contributed by atoms with E-state index in [1.165, 1.54) is 23.8 Å². The first-order chi connectivity index (χ1) is 11.0. The van der Waals surface area contributed by atoms with Gasteiger partial charge in [-0.05, 0) is 12.1 Å². The summed E-state index contributed by atoms with van der Waals surface area (Å²) in [6, 6.07) is 6.28. The number of aliphatic carboxylic acids is 1. The topological polar surface area (TPSA) is 95.9 Å². The average molecular weight is 338 g/mol. The minimum atomic E-state index is -1.13. The fraction of sp³-hybridized carbons (Fsp3) is 0.400. The Balaban J connectivity index is 2.04. The molecule has 2 amide bonds. The number of nitrogens with one attached hydrogen (secondary N) is 1. The average Bonchev–Trinajstić information content (AvgIpc) is 2.54. The number of carbonyl (C=O) groups excluding carboxylic acids is 2. The van der Waals surface area contributed by atoms with Gasteiger partial charge in [0.25, 0.3) is 0 Å². The van der Waals surface area contributed by atoms with Crippen LogP contribution in [0.1, 0.15) is 6.42 Å². The Labute approximate surface area is 138 Å². The van der Waals surface area contributed by atoms with Gasteiger partial charge in [0, 0.05) is 25.0 Å². The Hall–Kier alpha value is -2.06. The number of carboxylic acid groups (broad SMARTS) is 1. The third-order valence-corrected chi connectivity index (χ3v) is 4.40. The lowest BCUT2D eigenvalue weighted by atomic mass is 10.2. The van der Waals surface area contributed by atoms with Crippen molar-refractivity contribution in [3.05, 3.63) is 24.3 Å². The van der Waals surface area contributed by atoms with Crippen LogP contribution in [0.3, 0.4) is 0 Å². The van der Waals surface area contributed by atoms with Gasteiger partial charge in [0.2, 0.25) is 11.8 Å². The van der Waals surface area contributed by atoms with Crippen LogP contribution in [-0.4, -0.2) is 54.9 Å². The summed E-state index contributed by atoms with van der Waals surface area (Å²) in [5.74, 6) is -1.55. The number of carboxylic acids is 1. The highest BCUT2D eigenvalue weighted by Gasteiger charge is 2.27. The van der Waals surface area contributed by atoms with Crippen LogP contribution in [0.5, 0.6) is 0 Å². The molecule has 23 heavy (non-hydrogen) atoms. The van der Waals surface area contributed by atoms with E-state index in [4.69, 9.17) is 9.84 Å². The van der Waals surface area contributed by atoms with Gasteiger partial charge in [-0.2, -0.15) is 0 Å². The SMILES string of the molecule is COCCC(NC(=O)CN1C(=O)CSc2ccccc21)C(=O)O. The Morgan fingerprint density at radius 3 is 2.87 bits per heavy atom. The quantitative estimate of drug-likeness (QED) is 0.761. The molecule has 1 aliphatic rings. The molecule has 1 aromatic rings. The molecule has 7 nitrogen and oxygen atoms in total. The van der Waals surface area contributed by atoms with Gasteiger partial charge >= 0.3 is 5.97 Å². The molecule has 0 bridgehead atoms. The molecule has 0 fully saturated rings. The maximum absolute atomic E-state index is 12.1. The van der Waals surface area contributed by atoms with Crippen molar-refractivity contribution in [2.75, 3.05) is 30.9 Å². The Kier molecular flexibility index (Phi) is 6.00. The Morgan fingerprint density at radius 2 is 2.17 bits per heavy atom. The first-order valence-electron chi connectivity index (χ1n) is 7.06. The maximum atomic E-state index is 12.1. The molecular formula is C15H18N2O5S. The standard InChI is InChI=1S/C15H18N2O5S/c1-22-7-6-10(15(20)21)16-13(18)8-17-11-4-2-3-5-12(11)23-9-14(17)19/h2-5,10H,6-9H2,1H3,(H,16,18)(H,20,21). The van der Waals surface area contributed by atoms with Gasteiger partial charge in [0.1, 0.15) is 12.6 Å². The van der Waals surface area contributed by atoms with Gasteiger partial charge in [-0.25, -0.2) is 4.79 Å². The fourth-order valence-electron chi connectivity index (χ4n) is 2.20. The predicted octanol–water partition coefficient (Wildman–Crippen LogP) is 0.731. The van der Waals surface area contributed by atoms with E-state index in [0.29, 0.717) is 5.69 Å². The van der Waals surface area contributed by atoms with Crippen molar-refractivity contribution in [1.82, 2.24) is 5.32 Å². The monoisotopic (exact) mass is 338 g/mol. The Bertz CT molecular complexity index is 607. The third kappa shape index (κ3) is 4.46. The largest absolute Gasteiger partial charge is 0.480 e. The van der Waals surface area contributed by atoms with Crippen molar-refractivity contribution in [1.29, 1.82) is 0 Å². The lowest BCUT2D eigenvalue weighted by Crippen LogP contribution is -2.48. The highest BCUT2D eigenvalue weighted by Crippen LogP contribution is 2.34. The number of ether oxygens (including phenoxy) is 1. The summed E-state index contributed by atoms with van der Waals surface area (Å²) in [5, 5.41) is 11.5. The van der Waals surface area contributed by atoms with E-state index in [2.05, 4.69) is 5.32 Å². The smallest absolute Gasteiger partial charge is 0.326 e. The van der Waals surface area contributed by atoms with Gasteiger partial charge < -0.3 is 20.1 Å². The second kappa shape index (κ2) is 7.98. The van der Waals surface area contributed by atoms with Crippen molar-refractivity contribution in [2.24, 2.45) is 0 Å². The number of hydrogen-bond donors (Lipinski definition) is 2. The number of thioether (sulfide) groups is 1. The molecule has 1 unspecified atom stereocenters. The second-order valence-corrected chi connectivity index (χ2v) is 5.99. The van der Waals surface area contributed by atoms with E-state index < -0.39 is 17.9 Å². The van der Waals surface area contributed by atoms with Crippen LogP contribution in [0.4, 0.5) is 5.69 Å². The molecule has 0 saturated heterocycles. The van der Waals surface area contributed by atoms with Crippen molar-refractivity contribution in [3.63, 3.8) is 0 Å². The number of amides is 2. The number of rotatable bonds is 7. The van der Waals surface area contributed by atoms with E-state index >= 15 is 0 Å². The minimum absolute atomic E-state index is 0.165. The van der Waals surface area contributed by atoms with Crippen LogP contribution in [-0.2, 0) is 19.1 Å². The molecule has 2 rings (SSSR count). The van der Waals surface area contributed by atoms with Gasteiger partial charge in [0.05, 0.1) is 11.4 Å². The summed E-state index contributed by atoms with van der Waals surface area (Å²) >= 11 is 1.42. The van der Waals surface area contributed by atoms with Crippen LogP contribution >= 0.6 is 11.8 Å². The number of para-hydroxylation sites is 1. The number of hydrogen-bond acceptors (Lipinski definition) is 5. The summed E-state index contributed by atoms with van der Waals surface area (Å²) in [6.07, 6.45) is 0.165. The number of fused-ring (bicyclic) bond motifs is 1. The van der Waals surface area contributed by atoms with Gasteiger partial charge in [-0.15, -0.1) is 11.8 Å². The van der Waals surface area contributed by atoms with Crippen LogP contribution in [0.15, 0.2) is 29.2 Å². The minimum Gasteiger partial charge on any atom is -0.480 e. The molecular weight excluding hydrogens is 320 g/mol. The molecule has 0 spiro atoms. The second-order valence-electron chi connectivity index (χ2n) is 4.98. The summed E-state index contributed by atoms with van der Waals surface area (Å²) < 4.78 is 4.84. The van der Waals surface area contributed by atoms with Crippen molar-refractivity contribution in [2.45, 2.75) is 17.4 Å². The summed E-state index contributed by atoms with van der Waals surface area (Å²) in [7, 11) is 1.46. The number of methoxy groups -OCH3 is 1. The zero-order valence-electron chi connectivity index (χ0n) is 12.7. The predicted molar refractivity (Wildman–Crippen MR) is 85.6 cm³/mol. The highest BCUT2D eigenvalue weighted by molar-refractivity contribution is 8.00. The maximum Gasteiger partial charge on any atom is 0.326 e. The highest BCUT2D eigenvalue weighted by atomic mass is 32.2. The van der Waals surface area contributed by atoms with E-state index in [1.54, 1.807) is 12.1 Å². The lowest BCUT2D eigenvalue weighted by molar-refractivity contribution is -0.142. The molecule has 0 aromatic heterocycles. The van der Waals surface area contributed by atoms with Gasteiger partial charge in [0.15, 0.2) is 0 Å². The van der Waals surface area contributed by atoms with Crippen molar-refractivity contribution in [3.8, 4) is 0 Å². The van der Waals surface area contributed by atoms with Gasteiger partial charge in [-0.3, -0.25) is 9.59 Å². The molecule has 1 atom stereocenters. The molecule has 1 aromatic carbocycles. The number of anilines is 1. The molecule has 0 saturated carbocycles. The molecule has 1 aliphatic heterocycles. The number of carbonyl (C=O) groups is 3. The van der Waals surface area contributed by atoms with E-state index in [-0.39, 0.29) is 31.2 Å². The number of nitrogens with zero attached hydrogens (tertiary/aromatic N) is 1. The van der Waals surface area contributed by atoms with Crippen LogP contribution in [0.25, 0.3) is 0 Å². The van der Waals surface area contributed by atoms with Crippen molar-refractivity contribution >= 4 is 35.2 Å². The fourth-order valence-corrected chi connectivity index (χ4v) is 3.14. The van der Waals surface area contributed by atoms with E-state index in [9.17, 15) is 14.4 Å². The first-order valence-corrected chi connectivity index (χ1v) is 8.04. The summed E-state index contributed by atoms with van der Waals surface area (Å²) in [6.45, 7) is 0.0204. The summed E-state index contributed by atoms with van der Waals surface area (Å²) in [4.78, 5) is 37.7. The molecule has 1 heterocycles. The molecule has 0 aliphatic carbocycles. The lowest BCUT2D eigenvalue weighted by Gasteiger charge is -2.28. The zero-order chi connectivity index (χ0) is 16.8. The Morgan fingerprint density at radius 1 is 1.43 bits per heavy atom. The zero-order valence-corrected chi connectivity index (χ0v) is 13.5. The molecule has 8 heteroatoms. The normalized spacial score (nSPS) is 15.0. The summed E-state index contributed by atoms with van der Waals surface area (Å²) in [5.41, 5.74) is 0.674. The van der Waals surface area contributed by atoms with Crippen molar-refractivity contribution < 1.29 is 24.2 Å². The number of benzene rings is 1. The van der Waals surface area contributed by atoms with Crippen LogP contribution in [0.2, 0.25) is 0 Å². The molecule has 124 valence electrons. The van der Waals surface area contributed by atoms with Crippen LogP contribution < -0.4 is 10.2 Å². The molecule has 0 radical (unpaired) electrons. The molecule has 2 N–H and O–H groups in total. The van der Waals surface area contributed by atoms with E-state index in [0.717, 1.165) is 4.90 Å². The van der Waals surface area contributed by atoms with E-state index in [1.807, 2.05) is 12.1 Å². The van der Waals surface area contributed by atoms with Crippen LogP contribution in [0, 0.1) is 0 Å².